The molecule has 0 saturated heterocycles. The van der Waals surface area contributed by atoms with Crippen molar-refractivity contribution in [1.82, 2.24) is 5.32 Å². The van der Waals surface area contributed by atoms with Crippen LogP contribution < -0.4 is 10.7 Å². The first-order valence-electron chi connectivity index (χ1n) is 8.80. The largest absolute Gasteiger partial charge is 0.465 e. The number of hydrogen-bond donors (Lipinski definition) is 3. The van der Waals surface area contributed by atoms with E-state index in [0.717, 1.165) is 12.1 Å². The molecule has 0 aliphatic carbocycles. The van der Waals surface area contributed by atoms with Crippen molar-refractivity contribution in [2.24, 2.45) is 5.10 Å². The summed E-state index contributed by atoms with van der Waals surface area (Å²) in [6.45, 7) is 1.32. The molecule has 0 aliphatic rings. The number of nitrogens with one attached hydrogen (secondary N) is 2. The second-order valence-electron chi connectivity index (χ2n) is 6.69. The summed E-state index contributed by atoms with van der Waals surface area (Å²) in [4.78, 5) is 22.1. The lowest BCUT2D eigenvalue weighted by atomic mass is 9.77. The lowest BCUT2D eigenvalue weighted by Gasteiger charge is -2.26. The summed E-state index contributed by atoms with van der Waals surface area (Å²) in [5, 5.41) is 31.4. The van der Waals surface area contributed by atoms with Crippen molar-refractivity contribution in [3.05, 3.63) is 62.1 Å². The standard InChI is InChI=1S/C20H11Cl3F3N5O3/c1-19(8-28,9-2-3-12(21)11(4-9)20(24,25)26)16-13(22)5-10(6-14(16)23)30-31-15(7-27)17(32)29-18(33)34/h2-6,30H,1H3,(H,29,32)(H,33,34)/b31-15-. The van der Waals surface area contributed by atoms with Crippen molar-refractivity contribution < 1.29 is 27.9 Å². The quantitative estimate of drug-likeness (QED) is 0.339. The summed E-state index contributed by atoms with van der Waals surface area (Å²) < 4.78 is 39.9. The molecule has 0 aromatic heterocycles. The van der Waals surface area contributed by atoms with Gasteiger partial charge in [-0.05, 0) is 36.8 Å². The number of carbonyl (C=O) groups is 2. The fourth-order valence-electron chi connectivity index (χ4n) is 2.84. The molecule has 0 heterocycles. The minimum absolute atomic E-state index is 0.0209. The van der Waals surface area contributed by atoms with Gasteiger partial charge < -0.3 is 5.11 Å². The lowest BCUT2D eigenvalue weighted by Crippen LogP contribution is -2.34. The Morgan fingerprint density at radius 3 is 2.12 bits per heavy atom. The zero-order valence-corrected chi connectivity index (χ0v) is 19.0. The number of alkyl halides is 3. The van der Waals surface area contributed by atoms with Gasteiger partial charge in [-0.1, -0.05) is 40.9 Å². The number of imide groups is 1. The number of carbonyl (C=O) groups excluding carboxylic acids is 1. The van der Waals surface area contributed by atoms with Gasteiger partial charge in [0.05, 0.1) is 22.3 Å². The van der Waals surface area contributed by atoms with E-state index in [2.05, 4.69) is 10.5 Å². The van der Waals surface area contributed by atoms with Crippen LogP contribution in [0.4, 0.5) is 23.7 Å². The van der Waals surface area contributed by atoms with Crippen LogP contribution in [0.1, 0.15) is 23.6 Å². The first-order chi connectivity index (χ1) is 15.7. The Kier molecular flexibility index (Phi) is 8.01. The van der Waals surface area contributed by atoms with Crippen molar-refractivity contribution >= 4 is 58.2 Å². The van der Waals surface area contributed by atoms with Crippen LogP contribution in [0.2, 0.25) is 15.1 Å². The molecule has 176 valence electrons. The Bertz CT molecular complexity index is 1260. The number of anilines is 1. The molecule has 1 unspecified atom stereocenters. The SMILES string of the molecule is CC(C#N)(c1ccc(Cl)c(C(F)(F)F)c1)c1c(Cl)cc(N/N=C(/C#N)C(=O)NC(=O)O)cc1Cl. The van der Waals surface area contributed by atoms with Gasteiger partial charge in [-0.3, -0.25) is 15.5 Å². The molecule has 0 saturated carbocycles. The summed E-state index contributed by atoms with van der Waals surface area (Å²) in [7, 11) is 0. The van der Waals surface area contributed by atoms with E-state index in [9.17, 15) is 28.0 Å². The van der Waals surface area contributed by atoms with Gasteiger partial charge in [-0.25, -0.2) is 4.79 Å². The molecule has 34 heavy (non-hydrogen) atoms. The molecule has 0 bridgehead atoms. The molecule has 0 fully saturated rings. The van der Waals surface area contributed by atoms with E-state index in [1.807, 2.05) is 6.07 Å². The average molecular weight is 533 g/mol. The van der Waals surface area contributed by atoms with Gasteiger partial charge in [0.2, 0.25) is 5.71 Å². The summed E-state index contributed by atoms with van der Waals surface area (Å²) in [5.41, 5.74) is -1.48. The maximum Gasteiger partial charge on any atom is 0.417 e. The number of amides is 2. The highest BCUT2D eigenvalue weighted by molar-refractivity contribution is 6.46. The molecular weight excluding hydrogens is 522 g/mol. The molecule has 14 heteroatoms. The third-order valence-electron chi connectivity index (χ3n) is 4.45. The third-order valence-corrected chi connectivity index (χ3v) is 5.38. The van der Waals surface area contributed by atoms with E-state index in [1.165, 1.54) is 36.5 Å². The Morgan fingerprint density at radius 1 is 1.06 bits per heavy atom. The minimum Gasteiger partial charge on any atom is -0.465 e. The smallest absolute Gasteiger partial charge is 0.417 e. The van der Waals surface area contributed by atoms with Crippen LogP contribution in [0.25, 0.3) is 0 Å². The van der Waals surface area contributed by atoms with Gasteiger partial charge in [-0.2, -0.15) is 28.8 Å². The van der Waals surface area contributed by atoms with E-state index in [4.69, 9.17) is 45.2 Å². The fourth-order valence-corrected chi connectivity index (χ4v) is 3.93. The molecular formula is C20H11Cl3F3N5O3. The summed E-state index contributed by atoms with van der Waals surface area (Å²) in [6.07, 6.45) is -6.47. The van der Waals surface area contributed by atoms with E-state index < -0.39 is 39.9 Å². The van der Waals surface area contributed by atoms with Crippen LogP contribution in [0, 0.1) is 22.7 Å². The fraction of sp³-hybridized carbons (Fsp3) is 0.150. The predicted molar refractivity (Wildman–Crippen MR) is 118 cm³/mol. The van der Waals surface area contributed by atoms with Crippen molar-refractivity contribution in [3.63, 3.8) is 0 Å². The van der Waals surface area contributed by atoms with Gasteiger partial charge in [0.25, 0.3) is 5.91 Å². The van der Waals surface area contributed by atoms with E-state index in [-0.39, 0.29) is 26.9 Å². The van der Waals surface area contributed by atoms with Gasteiger partial charge in [-0.15, -0.1) is 0 Å². The number of benzene rings is 2. The van der Waals surface area contributed by atoms with Gasteiger partial charge >= 0.3 is 12.3 Å². The van der Waals surface area contributed by atoms with Crippen molar-refractivity contribution in [3.8, 4) is 12.1 Å². The number of halogens is 6. The first kappa shape index (κ1) is 26.7. The van der Waals surface area contributed by atoms with Crippen LogP contribution in [0.5, 0.6) is 0 Å². The second kappa shape index (κ2) is 10.2. The summed E-state index contributed by atoms with van der Waals surface area (Å²) in [6, 6.07) is 8.70. The second-order valence-corrected chi connectivity index (χ2v) is 7.91. The summed E-state index contributed by atoms with van der Waals surface area (Å²) >= 11 is 18.3. The third kappa shape index (κ3) is 5.69. The molecule has 2 aromatic rings. The van der Waals surface area contributed by atoms with Gasteiger partial charge in [0, 0.05) is 15.6 Å². The highest BCUT2D eigenvalue weighted by Crippen LogP contribution is 2.44. The van der Waals surface area contributed by atoms with Crippen molar-refractivity contribution in [2.45, 2.75) is 18.5 Å². The van der Waals surface area contributed by atoms with Crippen LogP contribution in [-0.2, 0) is 16.4 Å². The first-order valence-corrected chi connectivity index (χ1v) is 9.94. The minimum atomic E-state index is -4.77. The molecule has 0 spiro atoms. The lowest BCUT2D eigenvalue weighted by molar-refractivity contribution is -0.137. The zero-order valence-electron chi connectivity index (χ0n) is 16.8. The Hall–Kier alpha value is -3.51. The van der Waals surface area contributed by atoms with E-state index >= 15 is 0 Å². The van der Waals surface area contributed by atoms with Gasteiger partial charge in [0.1, 0.15) is 11.5 Å². The van der Waals surface area contributed by atoms with E-state index in [0.29, 0.717) is 0 Å². The van der Waals surface area contributed by atoms with Crippen LogP contribution in [0.3, 0.4) is 0 Å². The number of carboxylic acid groups (broad SMARTS) is 1. The molecule has 8 nitrogen and oxygen atoms in total. The van der Waals surface area contributed by atoms with Gasteiger partial charge in [0.15, 0.2) is 0 Å². The predicted octanol–water partition coefficient (Wildman–Crippen LogP) is 5.58. The van der Waals surface area contributed by atoms with Crippen molar-refractivity contribution in [2.75, 3.05) is 5.43 Å². The maximum absolute atomic E-state index is 13.3. The molecule has 0 aliphatic heterocycles. The molecule has 2 amide bonds. The average Bonchev–Trinajstić information content (AvgIpc) is 2.72. The zero-order chi connectivity index (χ0) is 25.8. The van der Waals surface area contributed by atoms with Crippen LogP contribution >= 0.6 is 34.8 Å². The molecule has 1 atom stereocenters. The van der Waals surface area contributed by atoms with E-state index in [1.54, 1.807) is 0 Å². The number of hydrogen-bond acceptors (Lipinski definition) is 6. The maximum atomic E-state index is 13.3. The summed E-state index contributed by atoms with van der Waals surface area (Å²) in [5.74, 6) is -1.29. The molecule has 0 radical (unpaired) electrons. The molecule has 3 N–H and O–H groups in total. The highest BCUT2D eigenvalue weighted by Gasteiger charge is 2.38. The monoisotopic (exact) mass is 531 g/mol. The normalized spacial score (nSPS) is 13.3. The topological polar surface area (TPSA) is 138 Å². The highest BCUT2D eigenvalue weighted by atomic mass is 35.5. The Morgan fingerprint density at radius 2 is 1.65 bits per heavy atom. The molecule has 2 aromatic carbocycles. The Balaban J connectivity index is 2.52. The van der Waals surface area contributed by atoms with Crippen LogP contribution in [-0.4, -0.2) is 22.8 Å². The Labute approximate surface area is 205 Å². The number of hydrazone groups is 1. The number of rotatable bonds is 5. The number of nitrogens with zero attached hydrogens (tertiary/aromatic N) is 3. The van der Waals surface area contributed by atoms with Crippen molar-refractivity contribution in [1.29, 1.82) is 10.5 Å². The number of nitriles is 2. The molecule has 2 rings (SSSR count). The van der Waals surface area contributed by atoms with Crippen LogP contribution in [0.15, 0.2) is 35.4 Å².